The van der Waals surface area contributed by atoms with Crippen LogP contribution in [0.1, 0.15) is 37.7 Å². The first-order chi connectivity index (χ1) is 12.7. The Morgan fingerprint density at radius 2 is 2.12 bits per heavy atom. The number of nitrogens with one attached hydrogen (secondary N) is 1. The molecule has 1 aromatic heterocycles. The minimum absolute atomic E-state index is 0.00233. The van der Waals surface area contributed by atoms with Gasteiger partial charge >= 0.3 is 0 Å². The molecule has 1 N–H and O–H groups in total. The second kappa shape index (κ2) is 7.32. The highest BCUT2D eigenvalue weighted by Gasteiger charge is 2.34. The molecule has 0 spiro atoms. The maximum Gasteiger partial charge on any atom is 0.223 e. The summed E-state index contributed by atoms with van der Waals surface area (Å²) in [5.41, 5.74) is 1.73. The molecule has 7 nitrogen and oxygen atoms in total. The number of rotatable bonds is 5. The van der Waals surface area contributed by atoms with Gasteiger partial charge in [-0.15, -0.1) is 0 Å². The number of piperidine rings is 1. The molecule has 0 aromatic carbocycles. The van der Waals surface area contributed by atoms with E-state index < -0.39 is 0 Å². The third-order valence-corrected chi connectivity index (χ3v) is 5.38. The molecule has 4 rings (SSSR count). The quantitative estimate of drug-likeness (QED) is 0.872. The molecule has 2 aliphatic heterocycles. The van der Waals surface area contributed by atoms with E-state index in [9.17, 15) is 4.79 Å². The number of pyridine rings is 1. The highest BCUT2D eigenvalue weighted by atomic mass is 16.6. The maximum absolute atomic E-state index is 12.4. The van der Waals surface area contributed by atoms with Crippen molar-refractivity contribution in [2.75, 3.05) is 24.5 Å². The third kappa shape index (κ3) is 3.79. The molecule has 3 heterocycles. The fraction of sp³-hybridized carbons (Fsp3) is 0.579. The Kier molecular flexibility index (Phi) is 4.74. The number of nitrogens with zero attached hydrogens (tertiary/aromatic N) is 4. The summed E-state index contributed by atoms with van der Waals surface area (Å²) in [5.74, 6) is 1.65. The third-order valence-electron chi connectivity index (χ3n) is 5.38. The predicted octanol–water partition coefficient (Wildman–Crippen LogP) is 1.84. The van der Waals surface area contributed by atoms with Crippen LogP contribution < -0.4 is 10.2 Å². The van der Waals surface area contributed by atoms with Crippen LogP contribution in [0.5, 0.6) is 0 Å². The Labute approximate surface area is 153 Å². The smallest absolute Gasteiger partial charge is 0.223 e. The number of amides is 1. The van der Waals surface area contributed by atoms with Gasteiger partial charge in [-0.1, -0.05) is 5.16 Å². The summed E-state index contributed by atoms with van der Waals surface area (Å²) in [4.78, 5) is 24.4. The van der Waals surface area contributed by atoms with E-state index in [0.717, 1.165) is 38.2 Å². The van der Waals surface area contributed by atoms with Crippen molar-refractivity contribution >= 4 is 17.4 Å². The number of hydrogen-bond acceptors (Lipinski definition) is 6. The summed E-state index contributed by atoms with van der Waals surface area (Å²) < 4.78 is 0. The fourth-order valence-corrected chi connectivity index (χ4v) is 3.59. The second-order valence-corrected chi connectivity index (χ2v) is 7.31. The molecule has 3 aliphatic rings. The topological polar surface area (TPSA) is 90.6 Å². The van der Waals surface area contributed by atoms with Crippen LogP contribution in [0.2, 0.25) is 0 Å². The minimum atomic E-state index is -0.00233. The summed E-state index contributed by atoms with van der Waals surface area (Å²) in [6, 6.07) is 5.72. The number of carbonyl (C=O) groups excluding carboxylic acids is 1. The molecule has 1 aliphatic carbocycles. The van der Waals surface area contributed by atoms with Crippen LogP contribution in [-0.4, -0.2) is 42.3 Å². The van der Waals surface area contributed by atoms with E-state index >= 15 is 0 Å². The number of carbonyl (C=O) groups is 1. The average Bonchev–Trinajstić information content (AvgIpc) is 3.44. The van der Waals surface area contributed by atoms with Gasteiger partial charge in [-0.25, -0.2) is 4.98 Å². The first-order valence-electron chi connectivity index (χ1n) is 9.34. The van der Waals surface area contributed by atoms with Crippen LogP contribution >= 0.6 is 0 Å². The van der Waals surface area contributed by atoms with Gasteiger partial charge in [-0.3, -0.25) is 4.79 Å². The monoisotopic (exact) mass is 353 g/mol. The van der Waals surface area contributed by atoms with E-state index in [1.807, 2.05) is 6.07 Å². The van der Waals surface area contributed by atoms with Crippen LogP contribution in [0.25, 0.3) is 0 Å². The van der Waals surface area contributed by atoms with Gasteiger partial charge in [-0.2, -0.15) is 5.26 Å². The average molecular weight is 353 g/mol. The normalized spacial score (nSPS) is 23.1. The molecule has 1 unspecified atom stereocenters. The molecule has 0 radical (unpaired) electrons. The van der Waals surface area contributed by atoms with E-state index in [4.69, 9.17) is 10.1 Å². The molecule has 1 amide bonds. The molecule has 26 heavy (non-hydrogen) atoms. The van der Waals surface area contributed by atoms with E-state index in [1.54, 1.807) is 12.3 Å². The van der Waals surface area contributed by atoms with Gasteiger partial charge in [0.15, 0.2) is 0 Å². The highest BCUT2D eigenvalue weighted by Crippen LogP contribution is 2.34. The zero-order chi connectivity index (χ0) is 17.9. The van der Waals surface area contributed by atoms with Crippen LogP contribution in [0, 0.1) is 23.2 Å². The molecular weight excluding hydrogens is 330 g/mol. The van der Waals surface area contributed by atoms with E-state index in [2.05, 4.69) is 26.4 Å². The molecule has 1 saturated carbocycles. The van der Waals surface area contributed by atoms with Crippen molar-refractivity contribution in [3.8, 4) is 6.07 Å². The lowest BCUT2D eigenvalue weighted by molar-refractivity contribution is -0.126. The fourth-order valence-electron chi connectivity index (χ4n) is 3.59. The number of anilines is 1. The van der Waals surface area contributed by atoms with Gasteiger partial charge in [0, 0.05) is 37.5 Å². The summed E-state index contributed by atoms with van der Waals surface area (Å²) in [7, 11) is 0. The van der Waals surface area contributed by atoms with Crippen molar-refractivity contribution in [1.82, 2.24) is 10.3 Å². The molecule has 1 aromatic rings. The lowest BCUT2D eigenvalue weighted by Gasteiger charge is -2.32. The molecule has 1 atom stereocenters. The Balaban J connectivity index is 1.20. The van der Waals surface area contributed by atoms with E-state index in [0.29, 0.717) is 18.0 Å². The van der Waals surface area contributed by atoms with Crippen LogP contribution in [-0.2, 0) is 9.63 Å². The second-order valence-electron chi connectivity index (χ2n) is 7.31. The van der Waals surface area contributed by atoms with Crippen molar-refractivity contribution in [1.29, 1.82) is 5.26 Å². The highest BCUT2D eigenvalue weighted by molar-refractivity contribution is 5.89. The number of hydrogen-bond donors (Lipinski definition) is 1. The predicted molar refractivity (Wildman–Crippen MR) is 96.5 cm³/mol. The van der Waals surface area contributed by atoms with Crippen molar-refractivity contribution in [3.05, 3.63) is 23.9 Å². The van der Waals surface area contributed by atoms with Gasteiger partial charge in [0.25, 0.3) is 0 Å². The van der Waals surface area contributed by atoms with Crippen molar-refractivity contribution in [2.24, 2.45) is 17.0 Å². The maximum atomic E-state index is 12.4. The number of oxime groups is 1. The van der Waals surface area contributed by atoms with Crippen molar-refractivity contribution < 1.29 is 9.63 Å². The molecule has 2 fully saturated rings. The summed E-state index contributed by atoms with van der Waals surface area (Å²) in [5, 5.41) is 16.0. The van der Waals surface area contributed by atoms with Gasteiger partial charge in [0.05, 0.1) is 17.8 Å². The van der Waals surface area contributed by atoms with Gasteiger partial charge in [-0.05, 0) is 37.8 Å². The summed E-state index contributed by atoms with van der Waals surface area (Å²) in [6.45, 7) is 2.13. The van der Waals surface area contributed by atoms with E-state index in [-0.39, 0.29) is 17.9 Å². The largest absolute Gasteiger partial charge is 0.390 e. The summed E-state index contributed by atoms with van der Waals surface area (Å²) >= 11 is 0. The SMILES string of the molecule is N#Cc1ccc(N2CCC(C(=O)NCC3CC(C4CC4)=NO3)CC2)nc1. The lowest BCUT2D eigenvalue weighted by Crippen LogP contribution is -2.42. The molecule has 7 heteroatoms. The Hall–Kier alpha value is -2.62. The molecule has 1 saturated heterocycles. The summed E-state index contributed by atoms with van der Waals surface area (Å²) in [6.07, 6.45) is 6.52. The zero-order valence-electron chi connectivity index (χ0n) is 14.7. The van der Waals surface area contributed by atoms with Gasteiger partial charge in [0.2, 0.25) is 5.91 Å². The Bertz CT molecular complexity index is 727. The first-order valence-corrected chi connectivity index (χ1v) is 9.34. The standard InChI is InChI=1S/C19H23N5O2/c20-10-13-1-4-18(21-11-13)24-7-5-15(6-8-24)19(25)22-12-16-9-17(23-26-16)14-2-3-14/h1,4,11,14-16H,2-3,5-9,12H2,(H,22,25). The Morgan fingerprint density at radius 1 is 1.31 bits per heavy atom. The van der Waals surface area contributed by atoms with Gasteiger partial charge in [0.1, 0.15) is 18.0 Å². The number of aromatic nitrogens is 1. The minimum Gasteiger partial charge on any atom is -0.390 e. The zero-order valence-corrected chi connectivity index (χ0v) is 14.7. The van der Waals surface area contributed by atoms with Gasteiger partial charge < -0.3 is 15.1 Å². The number of nitriles is 1. The lowest BCUT2D eigenvalue weighted by atomic mass is 9.95. The molecule has 136 valence electrons. The molecule has 0 bridgehead atoms. The van der Waals surface area contributed by atoms with Crippen molar-refractivity contribution in [2.45, 2.75) is 38.2 Å². The first kappa shape index (κ1) is 16.8. The van der Waals surface area contributed by atoms with Crippen LogP contribution in [0.4, 0.5) is 5.82 Å². The van der Waals surface area contributed by atoms with Crippen LogP contribution in [0.15, 0.2) is 23.5 Å². The Morgan fingerprint density at radius 3 is 2.77 bits per heavy atom. The van der Waals surface area contributed by atoms with Crippen molar-refractivity contribution in [3.63, 3.8) is 0 Å². The van der Waals surface area contributed by atoms with E-state index in [1.165, 1.54) is 18.6 Å². The molecular formula is C19H23N5O2. The van der Waals surface area contributed by atoms with Crippen LogP contribution in [0.3, 0.4) is 0 Å².